The summed E-state index contributed by atoms with van der Waals surface area (Å²) in [6.07, 6.45) is 4.24. The van der Waals surface area contributed by atoms with Gasteiger partial charge in [0.2, 0.25) is 10.0 Å². The van der Waals surface area contributed by atoms with Gasteiger partial charge in [0.05, 0.1) is 6.10 Å². The number of pyridine rings is 1. The first-order valence-corrected chi connectivity index (χ1v) is 8.78. The van der Waals surface area contributed by atoms with Gasteiger partial charge in [-0.1, -0.05) is 6.92 Å². The van der Waals surface area contributed by atoms with E-state index in [1.165, 1.54) is 4.31 Å². The van der Waals surface area contributed by atoms with Crippen molar-refractivity contribution in [1.82, 2.24) is 9.29 Å². The molecule has 0 amide bonds. The van der Waals surface area contributed by atoms with Crippen LogP contribution in [0.25, 0.3) is 0 Å². The van der Waals surface area contributed by atoms with E-state index < -0.39 is 10.0 Å². The SMILES string of the molecule is CCCOC1CCCN(S(=O)(=O)c2cccnc2NC)C1. The molecular weight excluding hydrogens is 290 g/mol. The highest BCUT2D eigenvalue weighted by atomic mass is 32.2. The first-order chi connectivity index (χ1) is 10.1. The molecule has 7 heteroatoms. The summed E-state index contributed by atoms with van der Waals surface area (Å²) in [4.78, 5) is 4.30. The average molecular weight is 313 g/mol. The topological polar surface area (TPSA) is 71.5 Å². The molecule has 1 aliphatic rings. The van der Waals surface area contributed by atoms with Crippen LogP contribution < -0.4 is 5.32 Å². The smallest absolute Gasteiger partial charge is 0.246 e. The van der Waals surface area contributed by atoms with Crippen LogP contribution in [0.3, 0.4) is 0 Å². The molecule has 6 nitrogen and oxygen atoms in total. The maximum absolute atomic E-state index is 12.8. The molecule has 1 aromatic heterocycles. The Balaban J connectivity index is 2.18. The first-order valence-electron chi connectivity index (χ1n) is 7.34. The Hall–Kier alpha value is -1.18. The molecule has 1 N–H and O–H groups in total. The van der Waals surface area contributed by atoms with E-state index >= 15 is 0 Å². The van der Waals surface area contributed by atoms with Crippen LogP contribution in [-0.4, -0.2) is 50.6 Å². The summed E-state index contributed by atoms with van der Waals surface area (Å²) in [7, 11) is -1.86. The molecule has 1 saturated heterocycles. The summed E-state index contributed by atoms with van der Waals surface area (Å²) in [5, 5.41) is 2.84. The second-order valence-corrected chi connectivity index (χ2v) is 7.00. The fourth-order valence-electron chi connectivity index (χ4n) is 2.47. The van der Waals surface area contributed by atoms with Gasteiger partial charge in [-0.15, -0.1) is 0 Å². The Morgan fingerprint density at radius 3 is 3.05 bits per heavy atom. The average Bonchev–Trinajstić information content (AvgIpc) is 2.53. The Morgan fingerprint density at radius 1 is 1.52 bits per heavy atom. The van der Waals surface area contributed by atoms with E-state index in [0.717, 1.165) is 19.3 Å². The summed E-state index contributed by atoms with van der Waals surface area (Å²) in [5.41, 5.74) is 0. The van der Waals surface area contributed by atoms with Crippen LogP contribution in [0.4, 0.5) is 5.82 Å². The summed E-state index contributed by atoms with van der Waals surface area (Å²) < 4.78 is 32.8. The monoisotopic (exact) mass is 313 g/mol. The number of ether oxygens (including phenoxy) is 1. The molecule has 0 aromatic carbocycles. The lowest BCUT2D eigenvalue weighted by Crippen LogP contribution is -2.43. The number of nitrogens with one attached hydrogen (secondary N) is 1. The van der Waals surface area contributed by atoms with Crippen molar-refractivity contribution < 1.29 is 13.2 Å². The number of hydrogen-bond acceptors (Lipinski definition) is 5. The third-order valence-electron chi connectivity index (χ3n) is 3.52. The van der Waals surface area contributed by atoms with Crippen LogP contribution in [0.15, 0.2) is 23.2 Å². The number of nitrogens with zero attached hydrogens (tertiary/aromatic N) is 2. The fourth-order valence-corrected chi connectivity index (χ4v) is 4.13. The lowest BCUT2D eigenvalue weighted by Gasteiger charge is -2.32. The fraction of sp³-hybridized carbons (Fsp3) is 0.643. The van der Waals surface area contributed by atoms with Gasteiger partial charge >= 0.3 is 0 Å². The molecule has 2 heterocycles. The zero-order valence-electron chi connectivity index (χ0n) is 12.6. The molecule has 0 bridgehead atoms. The van der Waals surface area contributed by atoms with Gasteiger partial charge in [-0.2, -0.15) is 4.31 Å². The van der Waals surface area contributed by atoms with E-state index in [2.05, 4.69) is 10.3 Å². The van der Waals surface area contributed by atoms with Gasteiger partial charge in [-0.3, -0.25) is 0 Å². The second-order valence-electron chi connectivity index (χ2n) is 5.10. The number of rotatable bonds is 6. The van der Waals surface area contributed by atoms with Crippen molar-refractivity contribution in [3.63, 3.8) is 0 Å². The lowest BCUT2D eigenvalue weighted by atomic mass is 10.1. The Bertz CT molecular complexity index is 562. The third-order valence-corrected chi connectivity index (χ3v) is 5.42. The minimum Gasteiger partial charge on any atom is -0.377 e. The molecule has 0 radical (unpaired) electrons. The zero-order chi connectivity index (χ0) is 15.3. The molecule has 2 rings (SSSR count). The predicted octanol–water partition coefficient (Wildman–Crippen LogP) is 1.70. The molecule has 21 heavy (non-hydrogen) atoms. The molecule has 118 valence electrons. The molecule has 1 aliphatic heterocycles. The number of aromatic nitrogens is 1. The summed E-state index contributed by atoms with van der Waals surface area (Å²) in [6.45, 7) is 3.67. The van der Waals surface area contributed by atoms with Gasteiger partial charge in [0, 0.05) is 32.9 Å². The van der Waals surface area contributed by atoms with Gasteiger partial charge in [-0.05, 0) is 31.4 Å². The van der Waals surface area contributed by atoms with Gasteiger partial charge in [0.25, 0.3) is 0 Å². The molecule has 0 saturated carbocycles. The van der Waals surface area contributed by atoms with Gasteiger partial charge < -0.3 is 10.1 Å². The minimum absolute atomic E-state index is 0.0109. The van der Waals surface area contributed by atoms with E-state index in [1.54, 1.807) is 25.4 Å². The van der Waals surface area contributed by atoms with E-state index in [-0.39, 0.29) is 11.0 Å². The number of anilines is 1. The van der Waals surface area contributed by atoms with Gasteiger partial charge in [0.1, 0.15) is 10.7 Å². The van der Waals surface area contributed by atoms with Crippen LogP contribution in [0.2, 0.25) is 0 Å². The molecule has 1 atom stereocenters. The maximum Gasteiger partial charge on any atom is 0.246 e. The second kappa shape index (κ2) is 7.20. The Labute approximate surface area is 126 Å². The van der Waals surface area contributed by atoms with E-state index in [0.29, 0.717) is 25.5 Å². The quantitative estimate of drug-likeness (QED) is 0.865. The number of hydrogen-bond donors (Lipinski definition) is 1. The summed E-state index contributed by atoms with van der Waals surface area (Å²) in [6, 6.07) is 3.23. The molecule has 1 unspecified atom stereocenters. The number of piperidine rings is 1. The van der Waals surface area contributed by atoms with Gasteiger partial charge in [0.15, 0.2) is 0 Å². The van der Waals surface area contributed by atoms with Crippen molar-refractivity contribution in [2.24, 2.45) is 0 Å². The lowest BCUT2D eigenvalue weighted by molar-refractivity contribution is 0.0193. The van der Waals surface area contributed by atoms with Crippen molar-refractivity contribution >= 4 is 15.8 Å². The Morgan fingerprint density at radius 2 is 2.33 bits per heavy atom. The molecular formula is C14H23N3O3S. The summed E-state index contributed by atoms with van der Waals surface area (Å²) >= 11 is 0. The van der Waals surface area contributed by atoms with Crippen LogP contribution in [0.5, 0.6) is 0 Å². The third kappa shape index (κ3) is 3.72. The largest absolute Gasteiger partial charge is 0.377 e. The number of sulfonamides is 1. The van der Waals surface area contributed by atoms with E-state index in [4.69, 9.17) is 4.74 Å². The van der Waals surface area contributed by atoms with Crippen molar-refractivity contribution in [3.05, 3.63) is 18.3 Å². The highest BCUT2D eigenvalue weighted by Gasteiger charge is 2.32. The van der Waals surface area contributed by atoms with Crippen molar-refractivity contribution in [1.29, 1.82) is 0 Å². The van der Waals surface area contributed by atoms with Crippen molar-refractivity contribution in [2.45, 2.75) is 37.2 Å². The van der Waals surface area contributed by atoms with E-state index in [9.17, 15) is 8.42 Å². The molecule has 0 aliphatic carbocycles. The standard InChI is InChI=1S/C14H23N3O3S/c1-3-10-20-12-6-5-9-17(11-12)21(18,19)13-7-4-8-16-14(13)15-2/h4,7-8,12H,3,5-6,9-11H2,1-2H3,(H,15,16). The molecule has 1 aromatic rings. The highest BCUT2D eigenvalue weighted by Crippen LogP contribution is 2.25. The Kier molecular flexibility index (Phi) is 5.55. The highest BCUT2D eigenvalue weighted by molar-refractivity contribution is 7.89. The van der Waals surface area contributed by atoms with Gasteiger partial charge in [-0.25, -0.2) is 13.4 Å². The molecule has 0 spiro atoms. The van der Waals surface area contributed by atoms with Crippen LogP contribution in [-0.2, 0) is 14.8 Å². The van der Waals surface area contributed by atoms with Crippen molar-refractivity contribution in [2.75, 3.05) is 32.1 Å². The molecule has 1 fully saturated rings. The van der Waals surface area contributed by atoms with Crippen LogP contribution >= 0.6 is 0 Å². The summed E-state index contributed by atoms with van der Waals surface area (Å²) in [5.74, 6) is 0.383. The van der Waals surface area contributed by atoms with Crippen molar-refractivity contribution in [3.8, 4) is 0 Å². The maximum atomic E-state index is 12.8. The first kappa shape index (κ1) is 16.2. The van der Waals surface area contributed by atoms with Crippen LogP contribution in [0, 0.1) is 0 Å². The minimum atomic E-state index is -3.53. The normalized spacial score (nSPS) is 20.4. The predicted molar refractivity (Wildman–Crippen MR) is 81.8 cm³/mol. The van der Waals surface area contributed by atoms with E-state index in [1.807, 2.05) is 6.92 Å². The van der Waals surface area contributed by atoms with Crippen LogP contribution in [0.1, 0.15) is 26.2 Å². The zero-order valence-corrected chi connectivity index (χ0v) is 13.4.